The average molecular weight is 204 g/mol. The SMILES string of the molecule is COC(=O)[C@H](N)CC[C@H](N)C(=O)OC. The largest absolute Gasteiger partial charge is 0.468 e. The van der Waals surface area contributed by atoms with Crippen LogP contribution >= 0.6 is 0 Å². The maximum atomic E-state index is 10.9. The predicted octanol–water partition coefficient (Wildman–Crippen LogP) is -1.23. The Morgan fingerprint density at radius 1 is 1.00 bits per heavy atom. The van der Waals surface area contributed by atoms with Gasteiger partial charge in [0.25, 0.3) is 0 Å². The second kappa shape index (κ2) is 6.33. The summed E-state index contributed by atoms with van der Waals surface area (Å²) >= 11 is 0. The van der Waals surface area contributed by atoms with Gasteiger partial charge in [-0.05, 0) is 12.8 Å². The zero-order valence-electron chi connectivity index (χ0n) is 8.36. The molecule has 6 nitrogen and oxygen atoms in total. The maximum absolute atomic E-state index is 10.9. The molecular formula is C8H16N2O4. The smallest absolute Gasteiger partial charge is 0.322 e. The predicted molar refractivity (Wildman–Crippen MR) is 49.2 cm³/mol. The zero-order valence-corrected chi connectivity index (χ0v) is 8.36. The number of hydrogen-bond donors (Lipinski definition) is 2. The highest BCUT2D eigenvalue weighted by Gasteiger charge is 2.19. The third kappa shape index (κ3) is 4.20. The maximum Gasteiger partial charge on any atom is 0.322 e. The summed E-state index contributed by atoms with van der Waals surface area (Å²) in [6.07, 6.45) is 0.589. The summed E-state index contributed by atoms with van der Waals surface area (Å²) in [5.41, 5.74) is 10.9. The van der Waals surface area contributed by atoms with E-state index in [0.717, 1.165) is 0 Å². The Kier molecular flexibility index (Phi) is 5.82. The monoisotopic (exact) mass is 204 g/mol. The van der Waals surface area contributed by atoms with E-state index in [4.69, 9.17) is 11.5 Å². The molecule has 0 unspecified atom stereocenters. The Hall–Kier alpha value is -1.14. The topological polar surface area (TPSA) is 105 Å². The van der Waals surface area contributed by atoms with Crippen molar-refractivity contribution in [3.8, 4) is 0 Å². The van der Waals surface area contributed by atoms with Crippen LogP contribution in [0.5, 0.6) is 0 Å². The lowest BCUT2D eigenvalue weighted by atomic mass is 10.1. The molecule has 0 bridgehead atoms. The summed E-state index contributed by atoms with van der Waals surface area (Å²) in [7, 11) is 2.50. The Bertz CT molecular complexity index is 186. The van der Waals surface area contributed by atoms with Crippen molar-refractivity contribution in [2.24, 2.45) is 11.5 Å². The molecule has 0 amide bonds. The molecule has 6 heteroatoms. The van der Waals surface area contributed by atoms with Crippen molar-refractivity contribution in [3.05, 3.63) is 0 Å². The van der Waals surface area contributed by atoms with Gasteiger partial charge in [-0.15, -0.1) is 0 Å². The molecule has 2 atom stereocenters. The van der Waals surface area contributed by atoms with E-state index in [1.807, 2.05) is 0 Å². The molecule has 0 aliphatic carbocycles. The summed E-state index contributed by atoms with van der Waals surface area (Å²) in [6.45, 7) is 0. The van der Waals surface area contributed by atoms with Crippen LogP contribution in [-0.2, 0) is 19.1 Å². The highest BCUT2D eigenvalue weighted by atomic mass is 16.5. The van der Waals surface area contributed by atoms with E-state index in [9.17, 15) is 9.59 Å². The Balaban J connectivity index is 3.82. The normalized spacial score (nSPS) is 14.3. The summed E-state index contributed by atoms with van der Waals surface area (Å²) in [4.78, 5) is 21.7. The third-order valence-corrected chi connectivity index (χ3v) is 1.80. The summed E-state index contributed by atoms with van der Waals surface area (Å²) in [5, 5.41) is 0. The lowest BCUT2D eigenvalue weighted by molar-refractivity contribution is -0.144. The number of carbonyl (C=O) groups excluding carboxylic acids is 2. The molecule has 0 saturated carbocycles. The van der Waals surface area contributed by atoms with Gasteiger partial charge >= 0.3 is 11.9 Å². The first-order valence-corrected chi connectivity index (χ1v) is 4.19. The van der Waals surface area contributed by atoms with Gasteiger partial charge in [-0.2, -0.15) is 0 Å². The molecule has 0 heterocycles. The van der Waals surface area contributed by atoms with Gasteiger partial charge < -0.3 is 20.9 Å². The molecule has 0 aromatic rings. The van der Waals surface area contributed by atoms with Crippen LogP contribution in [0.2, 0.25) is 0 Å². The molecule has 0 aliphatic heterocycles. The molecule has 0 saturated heterocycles. The van der Waals surface area contributed by atoms with Crippen molar-refractivity contribution < 1.29 is 19.1 Å². The first kappa shape index (κ1) is 12.9. The molecule has 14 heavy (non-hydrogen) atoms. The van der Waals surface area contributed by atoms with Gasteiger partial charge in [-0.25, -0.2) is 0 Å². The van der Waals surface area contributed by atoms with Crippen molar-refractivity contribution >= 4 is 11.9 Å². The van der Waals surface area contributed by atoms with Crippen molar-refractivity contribution in [2.75, 3.05) is 14.2 Å². The molecule has 82 valence electrons. The van der Waals surface area contributed by atoms with E-state index in [2.05, 4.69) is 9.47 Å². The van der Waals surface area contributed by atoms with Crippen molar-refractivity contribution in [1.82, 2.24) is 0 Å². The Morgan fingerprint density at radius 2 is 1.29 bits per heavy atom. The number of carbonyl (C=O) groups is 2. The summed E-state index contributed by atoms with van der Waals surface area (Å²) in [6, 6.07) is -1.48. The first-order valence-electron chi connectivity index (χ1n) is 4.19. The van der Waals surface area contributed by atoms with E-state index in [1.54, 1.807) is 0 Å². The number of ether oxygens (including phenoxy) is 2. The number of nitrogens with two attached hydrogens (primary N) is 2. The van der Waals surface area contributed by atoms with Gasteiger partial charge in [0.15, 0.2) is 0 Å². The van der Waals surface area contributed by atoms with E-state index in [1.165, 1.54) is 14.2 Å². The molecule has 0 spiro atoms. The van der Waals surface area contributed by atoms with Gasteiger partial charge in [0.1, 0.15) is 12.1 Å². The summed E-state index contributed by atoms with van der Waals surface area (Å²) < 4.78 is 8.82. The van der Waals surface area contributed by atoms with Gasteiger partial charge in [0, 0.05) is 0 Å². The zero-order chi connectivity index (χ0) is 11.1. The van der Waals surface area contributed by atoms with Crippen LogP contribution in [0.3, 0.4) is 0 Å². The van der Waals surface area contributed by atoms with E-state index >= 15 is 0 Å². The average Bonchev–Trinajstić information content (AvgIpc) is 2.22. The minimum Gasteiger partial charge on any atom is -0.468 e. The summed E-state index contributed by atoms with van der Waals surface area (Å²) in [5.74, 6) is -1.02. The molecular weight excluding hydrogens is 188 g/mol. The fourth-order valence-corrected chi connectivity index (χ4v) is 0.898. The highest BCUT2D eigenvalue weighted by molar-refractivity contribution is 5.76. The second-order valence-electron chi connectivity index (χ2n) is 2.84. The number of hydrogen-bond acceptors (Lipinski definition) is 6. The van der Waals surface area contributed by atoms with Crippen LogP contribution in [0.1, 0.15) is 12.8 Å². The molecule has 0 radical (unpaired) electrons. The first-order chi connectivity index (χ1) is 6.52. The molecule has 0 fully saturated rings. The van der Waals surface area contributed by atoms with Crippen molar-refractivity contribution in [3.63, 3.8) is 0 Å². The fraction of sp³-hybridized carbons (Fsp3) is 0.750. The number of rotatable bonds is 5. The third-order valence-electron chi connectivity index (χ3n) is 1.80. The minimum absolute atomic E-state index is 0.295. The van der Waals surface area contributed by atoms with Gasteiger partial charge in [0.2, 0.25) is 0 Å². The number of esters is 2. The van der Waals surface area contributed by atoms with E-state index < -0.39 is 24.0 Å². The Morgan fingerprint density at radius 3 is 1.50 bits per heavy atom. The molecule has 0 aromatic carbocycles. The van der Waals surface area contributed by atoms with Crippen LogP contribution in [-0.4, -0.2) is 38.2 Å². The van der Waals surface area contributed by atoms with Gasteiger partial charge in [-0.1, -0.05) is 0 Å². The van der Waals surface area contributed by atoms with Gasteiger partial charge in [-0.3, -0.25) is 9.59 Å². The van der Waals surface area contributed by atoms with Crippen molar-refractivity contribution in [2.45, 2.75) is 24.9 Å². The quantitative estimate of drug-likeness (QED) is 0.543. The fourth-order valence-electron chi connectivity index (χ4n) is 0.898. The molecule has 0 aromatic heterocycles. The Labute approximate surface area is 82.5 Å². The van der Waals surface area contributed by atoms with Crippen LogP contribution in [0.4, 0.5) is 0 Å². The van der Waals surface area contributed by atoms with Crippen LogP contribution in [0, 0.1) is 0 Å². The van der Waals surface area contributed by atoms with E-state index in [-0.39, 0.29) is 0 Å². The number of methoxy groups -OCH3 is 2. The van der Waals surface area contributed by atoms with Crippen molar-refractivity contribution in [1.29, 1.82) is 0 Å². The molecule has 4 N–H and O–H groups in total. The lowest BCUT2D eigenvalue weighted by Crippen LogP contribution is -2.37. The lowest BCUT2D eigenvalue weighted by Gasteiger charge is -2.12. The van der Waals surface area contributed by atoms with Crippen LogP contribution in [0.25, 0.3) is 0 Å². The molecule has 0 aliphatic rings. The van der Waals surface area contributed by atoms with E-state index in [0.29, 0.717) is 12.8 Å². The van der Waals surface area contributed by atoms with Crippen LogP contribution in [0.15, 0.2) is 0 Å². The van der Waals surface area contributed by atoms with Gasteiger partial charge in [0.05, 0.1) is 14.2 Å². The standard InChI is InChI=1S/C8H16N2O4/c1-13-7(11)5(9)3-4-6(10)8(12)14-2/h5-6H,3-4,9-10H2,1-2H3/t5-,6+. The van der Waals surface area contributed by atoms with Crippen LogP contribution < -0.4 is 11.5 Å². The highest BCUT2D eigenvalue weighted by Crippen LogP contribution is 2.01. The molecule has 0 rings (SSSR count). The second-order valence-corrected chi connectivity index (χ2v) is 2.84. The minimum atomic E-state index is -0.740.